The molecule has 4 saturated carbocycles. The van der Waals surface area contributed by atoms with Gasteiger partial charge in [0, 0.05) is 12.0 Å². The largest absolute Gasteiger partial charge is 0.301 e. The zero-order valence-corrected chi connectivity index (χ0v) is 15.1. The van der Waals surface area contributed by atoms with Crippen molar-refractivity contribution in [2.75, 3.05) is 5.32 Å². The first-order chi connectivity index (χ1) is 12.2. The van der Waals surface area contributed by atoms with Gasteiger partial charge in [0.1, 0.15) is 5.01 Å². The molecule has 6 rings (SSSR count). The molecule has 4 bridgehead atoms. The molecule has 4 aliphatic carbocycles. The number of amides is 1. The molecular formula is C20H23N3OS. The third-order valence-electron chi connectivity index (χ3n) is 6.39. The smallest absolute Gasteiger partial charge is 0.226 e. The molecule has 1 N–H and O–H groups in total. The minimum atomic E-state index is 0.123. The van der Waals surface area contributed by atoms with Gasteiger partial charge >= 0.3 is 0 Å². The summed E-state index contributed by atoms with van der Waals surface area (Å²) in [7, 11) is 0. The summed E-state index contributed by atoms with van der Waals surface area (Å²) in [5.41, 5.74) is 1.31. The number of carbonyl (C=O) groups excluding carboxylic acids is 1. The van der Waals surface area contributed by atoms with E-state index in [0.29, 0.717) is 11.6 Å². The van der Waals surface area contributed by atoms with Gasteiger partial charge in [0.15, 0.2) is 0 Å². The van der Waals surface area contributed by atoms with Gasteiger partial charge in [-0.3, -0.25) is 4.79 Å². The Balaban J connectivity index is 1.26. The van der Waals surface area contributed by atoms with Crippen LogP contribution in [-0.2, 0) is 4.79 Å². The average molecular weight is 353 g/mol. The topological polar surface area (TPSA) is 54.9 Å². The Morgan fingerprint density at radius 1 is 1.04 bits per heavy atom. The van der Waals surface area contributed by atoms with E-state index in [0.717, 1.165) is 28.3 Å². The van der Waals surface area contributed by atoms with Crippen LogP contribution in [0, 0.1) is 23.2 Å². The van der Waals surface area contributed by atoms with Gasteiger partial charge < -0.3 is 5.32 Å². The number of nitrogens with zero attached hydrogens (tertiary/aromatic N) is 2. The molecule has 0 atom stereocenters. The van der Waals surface area contributed by atoms with Crippen LogP contribution >= 0.6 is 11.3 Å². The highest BCUT2D eigenvalue weighted by Crippen LogP contribution is 2.61. The molecule has 1 heterocycles. The molecule has 130 valence electrons. The molecule has 4 nitrogen and oxygen atoms in total. The van der Waals surface area contributed by atoms with E-state index >= 15 is 0 Å². The Morgan fingerprint density at radius 2 is 1.68 bits per heavy atom. The highest BCUT2D eigenvalue weighted by Gasteiger charge is 2.51. The maximum absolute atomic E-state index is 12.7. The molecule has 0 spiro atoms. The Labute approximate surface area is 152 Å². The van der Waals surface area contributed by atoms with Crippen LogP contribution in [-0.4, -0.2) is 16.1 Å². The predicted molar refractivity (Wildman–Crippen MR) is 99.2 cm³/mol. The van der Waals surface area contributed by atoms with Crippen LogP contribution in [0.5, 0.6) is 0 Å². The van der Waals surface area contributed by atoms with Crippen LogP contribution in [0.2, 0.25) is 0 Å². The Kier molecular flexibility index (Phi) is 3.66. The lowest BCUT2D eigenvalue weighted by molar-refractivity contribution is -0.124. The lowest BCUT2D eigenvalue weighted by atomic mass is 9.49. The molecule has 2 aromatic rings. The standard InChI is InChI=1S/C20H23N3OS/c24-17(12-20-9-13-6-14(10-20)8-15(7-13)11-20)21-19-23-22-18(25-19)16-4-2-1-3-5-16/h1-5,13-15H,6-12H2,(H,21,23,24). The third kappa shape index (κ3) is 2.99. The predicted octanol–water partition coefficient (Wildman–Crippen LogP) is 4.75. The Bertz CT molecular complexity index is 750. The van der Waals surface area contributed by atoms with Crippen molar-refractivity contribution in [3.8, 4) is 10.6 Å². The molecule has 0 unspecified atom stereocenters. The van der Waals surface area contributed by atoms with Gasteiger partial charge in [-0.2, -0.15) is 0 Å². The molecule has 25 heavy (non-hydrogen) atoms. The molecule has 5 heteroatoms. The normalized spacial score (nSPS) is 32.7. The van der Waals surface area contributed by atoms with E-state index in [9.17, 15) is 4.79 Å². The summed E-state index contributed by atoms with van der Waals surface area (Å²) in [6.07, 6.45) is 8.69. The summed E-state index contributed by atoms with van der Waals surface area (Å²) in [6.45, 7) is 0. The van der Waals surface area contributed by atoms with E-state index in [1.54, 1.807) is 0 Å². The third-order valence-corrected chi connectivity index (χ3v) is 7.28. The van der Waals surface area contributed by atoms with Crippen LogP contribution in [0.3, 0.4) is 0 Å². The minimum Gasteiger partial charge on any atom is -0.301 e. The van der Waals surface area contributed by atoms with Gasteiger partial charge in [-0.05, 0) is 61.7 Å². The molecule has 0 aliphatic heterocycles. The molecule has 1 aromatic heterocycles. The van der Waals surface area contributed by atoms with Crippen LogP contribution in [0.4, 0.5) is 5.13 Å². The van der Waals surface area contributed by atoms with E-state index in [1.807, 2.05) is 30.3 Å². The van der Waals surface area contributed by atoms with E-state index in [-0.39, 0.29) is 11.3 Å². The van der Waals surface area contributed by atoms with E-state index in [2.05, 4.69) is 15.5 Å². The van der Waals surface area contributed by atoms with Gasteiger partial charge in [0.05, 0.1) is 0 Å². The average Bonchev–Trinajstić information content (AvgIpc) is 3.02. The number of hydrogen-bond acceptors (Lipinski definition) is 4. The zero-order valence-electron chi connectivity index (χ0n) is 14.3. The summed E-state index contributed by atoms with van der Waals surface area (Å²) in [5, 5.41) is 12.9. The monoisotopic (exact) mass is 353 g/mol. The van der Waals surface area contributed by atoms with Crippen molar-refractivity contribution in [3.05, 3.63) is 30.3 Å². The fourth-order valence-corrected chi connectivity index (χ4v) is 6.75. The van der Waals surface area contributed by atoms with Crippen molar-refractivity contribution in [3.63, 3.8) is 0 Å². The number of anilines is 1. The maximum Gasteiger partial charge on any atom is 0.226 e. The number of carbonyl (C=O) groups is 1. The Morgan fingerprint density at radius 3 is 2.32 bits per heavy atom. The van der Waals surface area contributed by atoms with Gasteiger partial charge in [0.2, 0.25) is 11.0 Å². The summed E-state index contributed by atoms with van der Waals surface area (Å²) < 4.78 is 0. The number of benzene rings is 1. The second kappa shape index (κ2) is 5.90. The quantitative estimate of drug-likeness (QED) is 0.863. The summed E-state index contributed by atoms with van der Waals surface area (Å²) in [6, 6.07) is 9.99. The number of rotatable bonds is 4. The van der Waals surface area contributed by atoms with Gasteiger partial charge in [-0.1, -0.05) is 41.7 Å². The summed E-state index contributed by atoms with van der Waals surface area (Å²) in [5.74, 6) is 2.76. The fraction of sp³-hybridized carbons (Fsp3) is 0.550. The molecule has 4 fully saturated rings. The number of aromatic nitrogens is 2. The van der Waals surface area contributed by atoms with Crippen LogP contribution in [0.15, 0.2) is 30.3 Å². The number of nitrogens with one attached hydrogen (secondary N) is 1. The van der Waals surface area contributed by atoms with E-state index < -0.39 is 0 Å². The summed E-state index contributed by atoms with van der Waals surface area (Å²) >= 11 is 1.45. The first-order valence-corrected chi connectivity index (χ1v) is 10.2. The second-order valence-electron chi connectivity index (χ2n) is 8.42. The molecule has 0 radical (unpaired) electrons. The zero-order chi connectivity index (χ0) is 16.9. The molecule has 0 saturated heterocycles. The van der Waals surface area contributed by atoms with Crippen molar-refractivity contribution >= 4 is 22.4 Å². The second-order valence-corrected chi connectivity index (χ2v) is 9.40. The SMILES string of the molecule is O=C(CC12CC3CC(CC(C3)C1)C2)Nc1nnc(-c2ccccc2)s1. The summed E-state index contributed by atoms with van der Waals surface area (Å²) in [4.78, 5) is 12.7. The van der Waals surface area contributed by atoms with E-state index in [1.165, 1.54) is 49.9 Å². The van der Waals surface area contributed by atoms with Crippen molar-refractivity contribution in [2.24, 2.45) is 23.2 Å². The van der Waals surface area contributed by atoms with Crippen LogP contribution in [0.1, 0.15) is 44.9 Å². The van der Waals surface area contributed by atoms with Gasteiger partial charge in [-0.15, -0.1) is 10.2 Å². The van der Waals surface area contributed by atoms with Crippen LogP contribution < -0.4 is 5.32 Å². The van der Waals surface area contributed by atoms with Crippen LogP contribution in [0.25, 0.3) is 10.6 Å². The highest BCUT2D eigenvalue weighted by atomic mass is 32.1. The van der Waals surface area contributed by atoms with Crippen molar-refractivity contribution in [1.82, 2.24) is 10.2 Å². The first kappa shape index (κ1) is 15.5. The lowest BCUT2D eigenvalue weighted by Gasteiger charge is -2.56. The molecular weight excluding hydrogens is 330 g/mol. The van der Waals surface area contributed by atoms with Gasteiger partial charge in [-0.25, -0.2) is 0 Å². The Hall–Kier alpha value is -1.75. The molecule has 1 amide bonds. The van der Waals surface area contributed by atoms with E-state index in [4.69, 9.17) is 0 Å². The lowest BCUT2D eigenvalue weighted by Crippen LogP contribution is -2.47. The van der Waals surface area contributed by atoms with Crippen molar-refractivity contribution in [1.29, 1.82) is 0 Å². The highest BCUT2D eigenvalue weighted by molar-refractivity contribution is 7.18. The molecule has 1 aromatic carbocycles. The maximum atomic E-state index is 12.7. The minimum absolute atomic E-state index is 0.123. The molecule has 4 aliphatic rings. The first-order valence-electron chi connectivity index (χ1n) is 9.36. The fourth-order valence-electron chi connectivity index (χ4n) is 5.98. The number of hydrogen-bond donors (Lipinski definition) is 1. The van der Waals surface area contributed by atoms with Crippen molar-refractivity contribution < 1.29 is 4.79 Å². The van der Waals surface area contributed by atoms with Crippen molar-refractivity contribution in [2.45, 2.75) is 44.9 Å². The van der Waals surface area contributed by atoms with Gasteiger partial charge in [0.25, 0.3) is 0 Å².